The lowest BCUT2D eigenvalue weighted by molar-refractivity contribution is 0.0827. The Bertz CT molecular complexity index is 1230. The summed E-state index contributed by atoms with van der Waals surface area (Å²) in [5, 5.41) is 3.52. The van der Waals surface area contributed by atoms with Crippen LogP contribution in [0.1, 0.15) is 9.80 Å². The van der Waals surface area contributed by atoms with Gasteiger partial charge in [-0.05, 0) is 6.07 Å². The molecule has 0 atom stereocenters. The van der Waals surface area contributed by atoms with Gasteiger partial charge in [-0.15, -0.1) is 0 Å². The number of nitrogens with one attached hydrogen (secondary N) is 2. The molecule has 0 aliphatic heterocycles. The molecule has 0 aliphatic carbocycles. The molecule has 1 amide bonds. The summed E-state index contributed by atoms with van der Waals surface area (Å²) < 4.78 is 6.21. The van der Waals surface area contributed by atoms with Crippen LogP contribution in [-0.2, 0) is 0 Å². The molecule has 1 aromatic carbocycles. The van der Waals surface area contributed by atoms with Gasteiger partial charge < -0.3 is 19.9 Å². The van der Waals surface area contributed by atoms with Gasteiger partial charge in [0.2, 0.25) is 0 Å². The number of anilines is 2. The first-order valence-electron chi connectivity index (χ1n) is 7.77. The SMILES string of the molecule is COc1cc2[nH]c(=O)sc2cc1Nc1ncnc2sc(C(=O)N(C)C)nc12. The van der Waals surface area contributed by atoms with Gasteiger partial charge >= 0.3 is 4.87 Å². The third kappa shape index (κ3) is 3.11. The number of aromatic nitrogens is 4. The zero-order valence-corrected chi connectivity index (χ0v) is 16.2. The second-order valence-electron chi connectivity index (χ2n) is 5.78. The Morgan fingerprint density at radius 2 is 2.07 bits per heavy atom. The fourth-order valence-electron chi connectivity index (χ4n) is 2.50. The number of methoxy groups -OCH3 is 1. The Morgan fingerprint density at radius 1 is 1.26 bits per heavy atom. The van der Waals surface area contributed by atoms with Gasteiger partial charge in [0.25, 0.3) is 5.91 Å². The summed E-state index contributed by atoms with van der Waals surface area (Å²) in [4.78, 5) is 41.3. The van der Waals surface area contributed by atoms with Crippen molar-refractivity contribution in [1.29, 1.82) is 0 Å². The van der Waals surface area contributed by atoms with E-state index in [4.69, 9.17) is 4.74 Å². The maximum absolute atomic E-state index is 12.2. The summed E-state index contributed by atoms with van der Waals surface area (Å²) in [5.41, 5.74) is 1.83. The van der Waals surface area contributed by atoms with Crippen LogP contribution >= 0.6 is 22.7 Å². The number of thiazole rings is 2. The Kier molecular flexibility index (Phi) is 4.24. The number of fused-ring (bicyclic) bond motifs is 2. The van der Waals surface area contributed by atoms with Crippen molar-refractivity contribution in [3.63, 3.8) is 0 Å². The van der Waals surface area contributed by atoms with E-state index in [2.05, 4.69) is 25.3 Å². The number of amides is 1. The summed E-state index contributed by atoms with van der Waals surface area (Å²) in [5.74, 6) is 0.803. The lowest BCUT2D eigenvalue weighted by atomic mass is 10.2. The number of H-pyrrole nitrogens is 1. The van der Waals surface area contributed by atoms with Gasteiger partial charge in [0.1, 0.15) is 22.4 Å². The Labute approximate surface area is 160 Å². The molecule has 4 rings (SSSR count). The molecule has 0 spiro atoms. The normalized spacial score (nSPS) is 11.1. The van der Waals surface area contributed by atoms with Crippen LogP contribution < -0.4 is 14.9 Å². The van der Waals surface area contributed by atoms with Crippen molar-refractivity contribution in [2.75, 3.05) is 26.5 Å². The number of hydrogen-bond acceptors (Lipinski definition) is 9. The first-order valence-corrected chi connectivity index (χ1v) is 9.40. The van der Waals surface area contributed by atoms with E-state index < -0.39 is 0 Å². The van der Waals surface area contributed by atoms with Gasteiger partial charge in [-0.25, -0.2) is 15.0 Å². The van der Waals surface area contributed by atoms with Crippen LogP contribution in [0, 0.1) is 0 Å². The van der Waals surface area contributed by atoms with E-state index in [1.807, 2.05) is 6.07 Å². The number of benzene rings is 1. The van der Waals surface area contributed by atoms with Crippen LogP contribution in [0.3, 0.4) is 0 Å². The lowest BCUT2D eigenvalue weighted by Crippen LogP contribution is -2.21. The average molecular weight is 402 g/mol. The molecule has 27 heavy (non-hydrogen) atoms. The molecule has 138 valence electrons. The highest BCUT2D eigenvalue weighted by molar-refractivity contribution is 7.20. The lowest BCUT2D eigenvalue weighted by Gasteiger charge is -2.10. The van der Waals surface area contributed by atoms with E-state index in [9.17, 15) is 9.59 Å². The van der Waals surface area contributed by atoms with Crippen molar-refractivity contribution in [1.82, 2.24) is 24.8 Å². The fourth-order valence-corrected chi connectivity index (χ4v) is 4.19. The number of nitrogens with zero attached hydrogens (tertiary/aromatic N) is 4. The summed E-state index contributed by atoms with van der Waals surface area (Å²) in [7, 11) is 4.88. The minimum Gasteiger partial charge on any atom is -0.494 e. The first kappa shape index (κ1) is 17.4. The fraction of sp³-hybridized carbons (Fsp3) is 0.188. The minimum absolute atomic E-state index is 0.139. The highest BCUT2D eigenvalue weighted by Gasteiger charge is 2.18. The molecule has 9 nitrogen and oxygen atoms in total. The first-order chi connectivity index (χ1) is 13.0. The molecule has 11 heteroatoms. The van der Waals surface area contributed by atoms with Gasteiger partial charge in [-0.1, -0.05) is 22.7 Å². The highest BCUT2D eigenvalue weighted by atomic mass is 32.1. The topological polar surface area (TPSA) is 113 Å². The maximum atomic E-state index is 12.2. The molecule has 0 bridgehead atoms. The van der Waals surface area contributed by atoms with Crippen LogP contribution in [0.4, 0.5) is 11.5 Å². The summed E-state index contributed by atoms with van der Waals surface area (Å²) in [6.07, 6.45) is 1.41. The summed E-state index contributed by atoms with van der Waals surface area (Å²) in [6.45, 7) is 0. The standard InChI is InChI=1S/C16H14N6O3S2/c1-22(2)15(23)14-21-11-12(17-6-18-13(11)27-14)19-7-5-10-8(4-9(7)25-3)20-16(24)26-10/h4-6H,1-3H3,(H,20,24)(H,17,18,19). The van der Waals surface area contributed by atoms with Crippen molar-refractivity contribution < 1.29 is 9.53 Å². The molecule has 0 saturated heterocycles. The van der Waals surface area contributed by atoms with Crippen LogP contribution in [0.5, 0.6) is 5.75 Å². The molecule has 0 aliphatic rings. The van der Waals surface area contributed by atoms with Crippen LogP contribution in [0.2, 0.25) is 0 Å². The molecule has 0 saturated carbocycles. The van der Waals surface area contributed by atoms with Crippen molar-refractivity contribution in [2.24, 2.45) is 0 Å². The van der Waals surface area contributed by atoms with Gasteiger partial charge in [-0.2, -0.15) is 0 Å². The second-order valence-corrected chi connectivity index (χ2v) is 7.78. The van der Waals surface area contributed by atoms with E-state index >= 15 is 0 Å². The van der Waals surface area contributed by atoms with Crippen LogP contribution in [0.15, 0.2) is 23.3 Å². The molecular weight excluding hydrogens is 388 g/mol. The van der Waals surface area contributed by atoms with Crippen LogP contribution in [-0.4, -0.2) is 51.9 Å². The van der Waals surface area contributed by atoms with E-state index in [-0.39, 0.29) is 10.8 Å². The van der Waals surface area contributed by atoms with Gasteiger partial charge in [0, 0.05) is 20.2 Å². The monoisotopic (exact) mass is 402 g/mol. The average Bonchev–Trinajstić information content (AvgIpc) is 3.23. The predicted octanol–water partition coefficient (Wildman–Crippen LogP) is 2.44. The van der Waals surface area contributed by atoms with Crippen LogP contribution in [0.25, 0.3) is 20.6 Å². The number of hydrogen-bond donors (Lipinski definition) is 2. The van der Waals surface area contributed by atoms with E-state index in [1.165, 1.54) is 22.6 Å². The number of carbonyl (C=O) groups is 1. The quantitative estimate of drug-likeness (QED) is 0.539. The van der Waals surface area contributed by atoms with E-state index in [0.29, 0.717) is 38.1 Å². The van der Waals surface area contributed by atoms with Crippen molar-refractivity contribution >= 4 is 60.6 Å². The Hall–Kier alpha value is -3.05. The molecular formula is C16H14N6O3S2. The summed E-state index contributed by atoms with van der Waals surface area (Å²) >= 11 is 2.31. The molecule has 0 unspecified atom stereocenters. The zero-order valence-electron chi connectivity index (χ0n) is 14.6. The Balaban J connectivity index is 1.80. The highest BCUT2D eigenvalue weighted by Crippen LogP contribution is 2.34. The van der Waals surface area contributed by atoms with E-state index in [1.54, 1.807) is 27.3 Å². The van der Waals surface area contributed by atoms with Gasteiger partial charge in [0.15, 0.2) is 10.8 Å². The molecule has 2 N–H and O–H groups in total. The largest absolute Gasteiger partial charge is 0.494 e. The third-order valence-electron chi connectivity index (χ3n) is 3.78. The number of aromatic amines is 1. The molecule has 3 aromatic heterocycles. The van der Waals surface area contributed by atoms with Crippen molar-refractivity contribution in [2.45, 2.75) is 0 Å². The molecule has 4 aromatic rings. The number of rotatable bonds is 4. The van der Waals surface area contributed by atoms with Crippen molar-refractivity contribution in [3.05, 3.63) is 33.1 Å². The van der Waals surface area contributed by atoms with Crippen molar-refractivity contribution in [3.8, 4) is 5.75 Å². The molecule has 0 fully saturated rings. The Morgan fingerprint density at radius 3 is 2.81 bits per heavy atom. The zero-order chi connectivity index (χ0) is 19.1. The van der Waals surface area contributed by atoms with Gasteiger partial charge in [0.05, 0.1) is 23.0 Å². The molecule has 0 radical (unpaired) electrons. The number of carbonyl (C=O) groups excluding carboxylic acids is 1. The summed E-state index contributed by atoms with van der Waals surface area (Å²) in [6, 6.07) is 3.55. The van der Waals surface area contributed by atoms with E-state index in [0.717, 1.165) is 16.0 Å². The third-order valence-corrected chi connectivity index (χ3v) is 5.58. The number of ether oxygens (including phenoxy) is 1. The second kappa shape index (κ2) is 6.59. The predicted molar refractivity (Wildman–Crippen MR) is 106 cm³/mol. The van der Waals surface area contributed by atoms with Gasteiger partial charge in [-0.3, -0.25) is 9.59 Å². The maximum Gasteiger partial charge on any atom is 0.305 e. The smallest absolute Gasteiger partial charge is 0.305 e. The minimum atomic E-state index is -0.194. The molecule has 3 heterocycles.